The second-order valence-electron chi connectivity index (χ2n) is 11.3. The third kappa shape index (κ3) is 10.3. The number of amidine groups is 3. The fraction of sp³-hybridized carbons (Fsp3) is 0.364. The van der Waals surface area contributed by atoms with Crippen LogP contribution in [0.5, 0.6) is 0 Å². The van der Waals surface area contributed by atoms with Crippen LogP contribution >= 0.6 is 35.3 Å². The Morgan fingerprint density at radius 3 is 1.27 bits per heavy atom. The molecule has 0 fully saturated rings. The molecule has 0 radical (unpaired) electrons. The number of halogens is 9. The highest BCUT2D eigenvalue weighted by molar-refractivity contribution is 8.01. The average Bonchev–Trinajstić information content (AvgIpc) is 3.04. The summed E-state index contributed by atoms with van der Waals surface area (Å²) in [4.78, 5) is 14.4. The molecule has 3 heterocycles. The van der Waals surface area contributed by atoms with Crippen LogP contribution in [-0.4, -0.2) is 33.3 Å². The topological polar surface area (TPSA) is 115 Å². The minimum absolute atomic E-state index is 0.00392. The number of aliphatic imine (C=N–C) groups is 3. The molecule has 0 spiro atoms. The minimum Gasteiger partial charge on any atom is -0.386 e. The molecule has 276 valence electrons. The van der Waals surface area contributed by atoms with Gasteiger partial charge in [0.1, 0.15) is 17.5 Å². The molecule has 6 N–H and O–H groups in total. The van der Waals surface area contributed by atoms with Gasteiger partial charge in [0.2, 0.25) is 0 Å². The lowest BCUT2D eigenvalue weighted by Crippen LogP contribution is -2.27. The molecule has 3 aromatic carbocycles. The zero-order chi connectivity index (χ0) is 37.9. The molecule has 3 aromatic rings. The van der Waals surface area contributed by atoms with Gasteiger partial charge in [-0.05, 0) is 74.4 Å². The van der Waals surface area contributed by atoms with E-state index in [1.165, 1.54) is 53.5 Å². The molecule has 3 unspecified atom stereocenters. The first-order chi connectivity index (χ1) is 23.7. The lowest BCUT2D eigenvalue weighted by molar-refractivity contribution is -0.138. The summed E-state index contributed by atoms with van der Waals surface area (Å²) in [5.74, 6) is 1.16. The van der Waals surface area contributed by atoms with Crippen molar-refractivity contribution in [1.82, 2.24) is 0 Å². The van der Waals surface area contributed by atoms with Gasteiger partial charge in [-0.2, -0.15) is 39.5 Å². The van der Waals surface area contributed by atoms with E-state index in [1.807, 2.05) is 20.8 Å². The first kappa shape index (κ1) is 40.3. The Balaban J connectivity index is 0.000000172. The summed E-state index contributed by atoms with van der Waals surface area (Å²) in [6.45, 7) is 5.87. The number of nitrogens with two attached hydrogens (primary N) is 3. The van der Waals surface area contributed by atoms with Crippen molar-refractivity contribution in [3.05, 3.63) is 71.3 Å². The second-order valence-corrected chi connectivity index (χ2v) is 15.2. The predicted octanol–water partition coefficient (Wildman–Crippen LogP) is 10.7. The predicted molar refractivity (Wildman–Crippen MR) is 188 cm³/mol. The minimum atomic E-state index is -4.34. The Kier molecular flexibility index (Phi) is 12.6. The van der Waals surface area contributed by atoms with E-state index in [-0.39, 0.29) is 15.7 Å². The molecule has 0 bridgehead atoms. The maximum atomic E-state index is 12.6. The summed E-state index contributed by atoms with van der Waals surface area (Å²) in [5.41, 5.74) is 16.0. The van der Waals surface area contributed by atoms with Crippen LogP contribution in [0, 0.1) is 0 Å². The van der Waals surface area contributed by atoms with Gasteiger partial charge in [-0.3, -0.25) is 0 Å². The van der Waals surface area contributed by atoms with Crippen LogP contribution in [0.15, 0.2) is 84.3 Å². The SMILES string of the molecule is CC1Sc2ccc(C(F)(F)F)cc2N=C1N.CCC1Sc2ccc(C(F)(F)F)cc2N=C1N.CCCC1Sc2ccc(C(F)(F)F)cc2N=C1N. The molecule has 0 aliphatic carbocycles. The van der Waals surface area contributed by atoms with Gasteiger partial charge in [-0.15, -0.1) is 35.3 Å². The number of nitrogens with zero attached hydrogens (tertiary/aromatic N) is 3. The van der Waals surface area contributed by atoms with E-state index in [4.69, 9.17) is 17.2 Å². The fourth-order valence-corrected chi connectivity index (χ4v) is 7.88. The van der Waals surface area contributed by atoms with Gasteiger partial charge in [0, 0.05) is 14.7 Å². The molecule has 51 heavy (non-hydrogen) atoms. The van der Waals surface area contributed by atoms with Crippen molar-refractivity contribution in [2.75, 3.05) is 0 Å². The van der Waals surface area contributed by atoms with Gasteiger partial charge in [0.25, 0.3) is 0 Å². The van der Waals surface area contributed by atoms with E-state index >= 15 is 0 Å². The average molecular weight is 781 g/mol. The summed E-state index contributed by atoms with van der Waals surface area (Å²) in [7, 11) is 0. The van der Waals surface area contributed by atoms with Gasteiger partial charge in [-0.25, -0.2) is 15.0 Å². The lowest BCUT2D eigenvalue weighted by atomic mass is 10.2. The van der Waals surface area contributed by atoms with Crippen LogP contribution in [-0.2, 0) is 18.5 Å². The Morgan fingerprint density at radius 2 is 0.902 bits per heavy atom. The summed E-state index contributed by atoms with van der Waals surface area (Å²) in [6, 6.07) is 10.7. The van der Waals surface area contributed by atoms with Crippen molar-refractivity contribution in [2.45, 2.75) is 89.0 Å². The Labute approximate surface area is 301 Å². The summed E-state index contributed by atoms with van der Waals surface area (Å²) in [5, 5.41) is 0.128. The molecular weight excluding hydrogens is 748 g/mol. The van der Waals surface area contributed by atoms with Gasteiger partial charge in [0.15, 0.2) is 0 Å². The van der Waals surface area contributed by atoms with Crippen molar-refractivity contribution in [2.24, 2.45) is 32.2 Å². The largest absolute Gasteiger partial charge is 0.416 e. The highest BCUT2D eigenvalue weighted by Crippen LogP contribution is 2.44. The first-order valence-corrected chi connectivity index (χ1v) is 18.0. The maximum Gasteiger partial charge on any atom is 0.416 e. The number of hydrogen-bond acceptors (Lipinski definition) is 9. The number of fused-ring (bicyclic) bond motifs is 3. The molecule has 3 aliphatic heterocycles. The Hall–Kier alpha value is -3.51. The number of alkyl halides is 9. The van der Waals surface area contributed by atoms with Crippen molar-refractivity contribution in [3.8, 4) is 0 Å². The van der Waals surface area contributed by atoms with E-state index < -0.39 is 35.2 Å². The van der Waals surface area contributed by atoms with Gasteiger partial charge < -0.3 is 17.2 Å². The number of thioether (sulfide) groups is 3. The molecule has 6 rings (SSSR count). The molecule has 6 nitrogen and oxygen atoms in total. The van der Waals surface area contributed by atoms with E-state index in [2.05, 4.69) is 15.0 Å². The van der Waals surface area contributed by atoms with E-state index in [9.17, 15) is 39.5 Å². The van der Waals surface area contributed by atoms with Crippen LogP contribution in [0.4, 0.5) is 56.6 Å². The van der Waals surface area contributed by atoms with Crippen LogP contribution in [0.25, 0.3) is 0 Å². The maximum absolute atomic E-state index is 12.6. The zero-order valence-electron chi connectivity index (χ0n) is 27.2. The van der Waals surface area contributed by atoms with E-state index in [0.29, 0.717) is 34.6 Å². The molecule has 18 heteroatoms. The first-order valence-electron chi connectivity index (χ1n) is 15.4. The van der Waals surface area contributed by atoms with Gasteiger partial charge in [-0.1, -0.05) is 20.3 Å². The third-order valence-corrected chi connectivity index (χ3v) is 11.5. The molecular formula is C33H33F9N6S3. The van der Waals surface area contributed by atoms with Crippen LogP contribution in [0.1, 0.15) is 56.7 Å². The van der Waals surface area contributed by atoms with E-state index in [0.717, 1.165) is 70.3 Å². The smallest absolute Gasteiger partial charge is 0.386 e. The summed E-state index contributed by atoms with van der Waals surface area (Å²) in [6.07, 6.45) is -10.4. The van der Waals surface area contributed by atoms with Gasteiger partial charge in [0.05, 0.1) is 49.5 Å². The Morgan fingerprint density at radius 1 is 0.549 bits per heavy atom. The highest BCUT2D eigenvalue weighted by atomic mass is 32.2. The van der Waals surface area contributed by atoms with Crippen LogP contribution < -0.4 is 17.2 Å². The lowest BCUT2D eigenvalue weighted by Gasteiger charge is -2.22. The standard InChI is InChI=1S/C12H13F3N2S.C11H11F3N2S.C10H9F3N2S/c1-2-3-10-11(16)17-8-6-7(12(13,14)15)4-5-9(8)18-10;1-2-8-10(15)16-7-5-6(11(12,13)14)3-4-9(7)17-8;1-5-9(14)15-7-4-6(10(11,12)13)2-3-8(7)16-5/h4-6,10H,2-3H2,1H3,(H2,16,17);3-5,8H,2H2,1H3,(H2,15,16);2-5H,1H3,(H2,14,15). The second kappa shape index (κ2) is 16.0. The van der Waals surface area contributed by atoms with Crippen molar-refractivity contribution in [3.63, 3.8) is 0 Å². The zero-order valence-corrected chi connectivity index (χ0v) is 29.7. The summed E-state index contributed by atoms with van der Waals surface area (Å²) >= 11 is 4.36. The van der Waals surface area contributed by atoms with Crippen molar-refractivity contribution in [1.29, 1.82) is 0 Å². The number of rotatable bonds is 3. The monoisotopic (exact) mass is 780 g/mol. The molecule has 0 aromatic heterocycles. The molecule has 0 saturated carbocycles. The van der Waals surface area contributed by atoms with Crippen molar-refractivity contribution >= 4 is 69.9 Å². The third-order valence-electron chi connectivity index (χ3n) is 7.45. The molecule has 0 amide bonds. The summed E-state index contributed by atoms with van der Waals surface area (Å²) < 4.78 is 113. The molecule has 3 atom stereocenters. The molecule has 3 aliphatic rings. The van der Waals surface area contributed by atoms with Crippen LogP contribution in [0.2, 0.25) is 0 Å². The van der Waals surface area contributed by atoms with Crippen LogP contribution in [0.3, 0.4) is 0 Å². The highest BCUT2D eigenvalue weighted by Gasteiger charge is 2.34. The number of hydrogen-bond donors (Lipinski definition) is 3. The number of benzene rings is 3. The quantitative estimate of drug-likeness (QED) is 0.228. The fourth-order valence-electron chi connectivity index (χ4n) is 4.73. The van der Waals surface area contributed by atoms with E-state index in [1.54, 1.807) is 0 Å². The Bertz CT molecular complexity index is 1820. The van der Waals surface area contributed by atoms with Gasteiger partial charge >= 0.3 is 18.5 Å². The van der Waals surface area contributed by atoms with Crippen molar-refractivity contribution < 1.29 is 39.5 Å². The molecule has 0 saturated heterocycles. The normalized spacial score (nSPS) is 19.8.